The molecule has 0 bridgehead atoms. The maximum atomic E-state index is 6.02. The van der Waals surface area contributed by atoms with Crippen molar-refractivity contribution in [3.63, 3.8) is 0 Å². The molecule has 3 N–H and O–H groups in total. The fraction of sp³-hybridized carbons (Fsp3) is 0.750. The van der Waals surface area contributed by atoms with Crippen molar-refractivity contribution in [2.75, 3.05) is 38.2 Å². The molecule has 1 heterocycles. The van der Waals surface area contributed by atoms with Crippen molar-refractivity contribution in [1.29, 1.82) is 0 Å². The number of hydrogen-bond acceptors (Lipinski definition) is 4. The summed E-state index contributed by atoms with van der Waals surface area (Å²) in [6.07, 6.45) is 2.16. The molecule has 1 aromatic heterocycles. The smallest absolute Gasteiger partial charge is 0.148 e. The van der Waals surface area contributed by atoms with Crippen LogP contribution in [0.5, 0.6) is 0 Å². The van der Waals surface area contributed by atoms with Gasteiger partial charge in [0.25, 0.3) is 0 Å². The summed E-state index contributed by atoms with van der Waals surface area (Å²) in [5, 5.41) is 7.82. The highest BCUT2D eigenvalue weighted by Gasteiger charge is 2.10. The molecule has 0 aliphatic heterocycles. The summed E-state index contributed by atoms with van der Waals surface area (Å²) in [6, 6.07) is 0. The number of anilines is 2. The van der Waals surface area contributed by atoms with E-state index in [1.165, 1.54) is 0 Å². The normalized spacial score (nSPS) is 11.1. The predicted molar refractivity (Wildman–Crippen MR) is 73.3 cm³/mol. The zero-order valence-corrected chi connectivity index (χ0v) is 11.5. The van der Waals surface area contributed by atoms with Gasteiger partial charge in [0.15, 0.2) is 0 Å². The molecule has 0 radical (unpaired) electrons. The van der Waals surface area contributed by atoms with E-state index in [4.69, 9.17) is 5.73 Å². The Morgan fingerprint density at radius 3 is 2.71 bits per heavy atom. The van der Waals surface area contributed by atoms with E-state index in [2.05, 4.69) is 36.3 Å². The summed E-state index contributed by atoms with van der Waals surface area (Å²) < 4.78 is 1.97. The molecule has 0 saturated carbocycles. The van der Waals surface area contributed by atoms with Gasteiger partial charge in [-0.15, -0.1) is 0 Å². The number of aryl methyl sites for hydroxylation is 2. The summed E-state index contributed by atoms with van der Waals surface area (Å²) in [5.74, 6) is 0.975. The standard InChI is InChI=1S/C12H25N5/c1-5-8-17-12(11(13)10(2)15-17)14-7-6-9-16(3)4/h14H,5-9,13H2,1-4H3. The number of nitrogens with one attached hydrogen (secondary N) is 1. The molecule has 0 aliphatic carbocycles. The lowest BCUT2D eigenvalue weighted by atomic mass is 10.3. The van der Waals surface area contributed by atoms with Gasteiger partial charge in [0.2, 0.25) is 0 Å². The summed E-state index contributed by atoms with van der Waals surface area (Å²) in [7, 11) is 4.17. The molecule has 0 fully saturated rings. The summed E-state index contributed by atoms with van der Waals surface area (Å²) in [5.41, 5.74) is 7.71. The Kier molecular flexibility index (Phi) is 5.28. The number of rotatable bonds is 7. The Bertz CT molecular complexity index is 343. The highest BCUT2D eigenvalue weighted by Crippen LogP contribution is 2.22. The molecule has 0 amide bonds. The first-order chi connectivity index (χ1) is 8.06. The van der Waals surface area contributed by atoms with E-state index in [0.717, 1.165) is 49.7 Å². The van der Waals surface area contributed by atoms with Crippen LogP contribution in [-0.2, 0) is 6.54 Å². The maximum absolute atomic E-state index is 6.02. The number of nitrogens with two attached hydrogens (primary N) is 1. The Balaban J connectivity index is 2.56. The fourth-order valence-electron chi connectivity index (χ4n) is 1.76. The van der Waals surface area contributed by atoms with Crippen LogP contribution in [0.15, 0.2) is 0 Å². The molecule has 0 aliphatic rings. The minimum atomic E-state index is 0.781. The summed E-state index contributed by atoms with van der Waals surface area (Å²) in [6.45, 7) is 7.01. The van der Waals surface area contributed by atoms with Crippen LogP contribution in [-0.4, -0.2) is 41.9 Å². The monoisotopic (exact) mass is 239 g/mol. The molecule has 17 heavy (non-hydrogen) atoms. The van der Waals surface area contributed by atoms with Crippen LogP contribution in [0.1, 0.15) is 25.5 Å². The maximum Gasteiger partial charge on any atom is 0.148 e. The van der Waals surface area contributed by atoms with Gasteiger partial charge in [-0.1, -0.05) is 6.92 Å². The molecule has 98 valence electrons. The van der Waals surface area contributed by atoms with Crippen molar-refractivity contribution < 1.29 is 0 Å². The number of nitrogen functional groups attached to an aromatic ring is 1. The van der Waals surface area contributed by atoms with Gasteiger partial charge in [0.1, 0.15) is 5.82 Å². The molecule has 0 unspecified atom stereocenters. The van der Waals surface area contributed by atoms with Gasteiger partial charge in [0.05, 0.1) is 11.4 Å². The van der Waals surface area contributed by atoms with Gasteiger partial charge in [-0.2, -0.15) is 5.10 Å². The van der Waals surface area contributed by atoms with Crippen LogP contribution in [0, 0.1) is 6.92 Å². The van der Waals surface area contributed by atoms with Crippen molar-refractivity contribution >= 4 is 11.5 Å². The lowest BCUT2D eigenvalue weighted by molar-refractivity contribution is 0.405. The molecule has 0 atom stereocenters. The molecule has 0 spiro atoms. The lowest BCUT2D eigenvalue weighted by Crippen LogP contribution is -2.17. The Morgan fingerprint density at radius 1 is 1.41 bits per heavy atom. The van der Waals surface area contributed by atoms with Crippen LogP contribution < -0.4 is 11.1 Å². The Labute approximate surface area is 104 Å². The van der Waals surface area contributed by atoms with E-state index in [9.17, 15) is 0 Å². The zero-order valence-electron chi connectivity index (χ0n) is 11.5. The average molecular weight is 239 g/mol. The van der Waals surface area contributed by atoms with E-state index in [1.54, 1.807) is 0 Å². The third-order valence-electron chi connectivity index (χ3n) is 2.68. The van der Waals surface area contributed by atoms with Gasteiger partial charge >= 0.3 is 0 Å². The quantitative estimate of drug-likeness (QED) is 0.709. The minimum Gasteiger partial charge on any atom is -0.394 e. The van der Waals surface area contributed by atoms with E-state index in [-0.39, 0.29) is 0 Å². The third kappa shape index (κ3) is 3.93. The van der Waals surface area contributed by atoms with Gasteiger partial charge in [0, 0.05) is 13.1 Å². The molecular weight excluding hydrogens is 214 g/mol. The lowest BCUT2D eigenvalue weighted by Gasteiger charge is -2.12. The highest BCUT2D eigenvalue weighted by molar-refractivity contribution is 5.64. The van der Waals surface area contributed by atoms with Crippen molar-refractivity contribution in [3.05, 3.63) is 5.69 Å². The highest BCUT2D eigenvalue weighted by atomic mass is 15.3. The Hall–Kier alpha value is -1.23. The van der Waals surface area contributed by atoms with Gasteiger partial charge in [-0.3, -0.25) is 0 Å². The minimum absolute atomic E-state index is 0.781. The molecular formula is C12H25N5. The van der Waals surface area contributed by atoms with Gasteiger partial charge < -0.3 is 16.0 Å². The molecule has 5 heteroatoms. The molecule has 1 aromatic rings. The second-order valence-electron chi connectivity index (χ2n) is 4.65. The first-order valence-corrected chi connectivity index (χ1v) is 6.27. The topological polar surface area (TPSA) is 59.1 Å². The largest absolute Gasteiger partial charge is 0.394 e. The third-order valence-corrected chi connectivity index (χ3v) is 2.68. The second-order valence-corrected chi connectivity index (χ2v) is 4.65. The first kappa shape index (κ1) is 13.8. The molecule has 1 rings (SSSR count). The van der Waals surface area contributed by atoms with Crippen molar-refractivity contribution in [2.24, 2.45) is 0 Å². The van der Waals surface area contributed by atoms with Crippen LogP contribution in [0.3, 0.4) is 0 Å². The van der Waals surface area contributed by atoms with E-state index in [1.807, 2.05) is 11.6 Å². The SMILES string of the molecule is CCCn1nc(C)c(N)c1NCCCN(C)C. The molecule has 5 nitrogen and oxygen atoms in total. The fourth-order valence-corrected chi connectivity index (χ4v) is 1.76. The average Bonchev–Trinajstić information content (AvgIpc) is 2.51. The predicted octanol–water partition coefficient (Wildman–Crippen LogP) is 1.55. The van der Waals surface area contributed by atoms with E-state index < -0.39 is 0 Å². The van der Waals surface area contributed by atoms with E-state index in [0.29, 0.717) is 0 Å². The van der Waals surface area contributed by atoms with Crippen LogP contribution in [0.4, 0.5) is 11.5 Å². The van der Waals surface area contributed by atoms with Gasteiger partial charge in [-0.05, 0) is 40.4 Å². The first-order valence-electron chi connectivity index (χ1n) is 6.27. The Morgan fingerprint density at radius 2 is 2.12 bits per heavy atom. The number of hydrogen-bond donors (Lipinski definition) is 2. The van der Waals surface area contributed by atoms with Crippen LogP contribution in [0.25, 0.3) is 0 Å². The molecule has 0 saturated heterocycles. The molecule has 0 aromatic carbocycles. The van der Waals surface area contributed by atoms with Crippen LogP contribution >= 0.6 is 0 Å². The summed E-state index contributed by atoms with van der Waals surface area (Å²) in [4.78, 5) is 2.18. The van der Waals surface area contributed by atoms with E-state index >= 15 is 0 Å². The summed E-state index contributed by atoms with van der Waals surface area (Å²) >= 11 is 0. The van der Waals surface area contributed by atoms with Gasteiger partial charge in [-0.25, -0.2) is 4.68 Å². The van der Waals surface area contributed by atoms with Crippen LogP contribution in [0.2, 0.25) is 0 Å². The van der Waals surface area contributed by atoms with Crippen molar-refractivity contribution in [2.45, 2.75) is 33.2 Å². The second kappa shape index (κ2) is 6.49. The number of nitrogens with zero attached hydrogens (tertiary/aromatic N) is 3. The number of aromatic nitrogens is 2. The van der Waals surface area contributed by atoms with Crippen molar-refractivity contribution in [1.82, 2.24) is 14.7 Å². The van der Waals surface area contributed by atoms with Crippen molar-refractivity contribution in [3.8, 4) is 0 Å². The zero-order chi connectivity index (χ0) is 12.8.